The van der Waals surface area contributed by atoms with Crippen LogP contribution in [0, 0.1) is 0 Å². The van der Waals surface area contributed by atoms with E-state index in [0.29, 0.717) is 6.17 Å². The summed E-state index contributed by atoms with van der Waals surface area (Å²) in [5, 5.41) is 2.21. The van der Waals surface area contributed by atoms with Gasteiger partial charge in [-0.3, -0.25) is 9.80 Å². The van der Waals surface area contributed by atoms with E-state index in [1.165, 1.54) is 41.9 Å². The number of hydrogen-bond donors (Lipinski definition) is 0. The number of piperidine rings is 1. The molecule has 4 nitrogen and oxygen atoms in total. The number of ether oxygens (including phenoxy) is 2. The van der Waals surface area contributed by atoms with Gasteiger partial charge in [0.15, 0.2) is 11.5 Å². The molecule has 0 N–H and O–H groups in total. The van der Waals surface area contributed by atoms with Crippen LogP contribution >= 0.6 is 11.3 Å². The van der Waals surface area contributed by atoms with E-state index in [0.717, 1.165) is 24.5 Å². The van der Waals surface area contributed by atoms with Crippen molar-refractivity contribution in [2.24, 2.45) is 0 Å². The van der Waals surface area contributed by atoms with E-state index in [1.807, 2.05) is 11.3 Å². The van der Waals surface area contributed by atoms with E-state index in [2.05, 4.69) is 39.4 Å². The number of rotatable bonds is 3. The summed E-state index contributed by atoms with van der Waals surface area (Å²) in [6.45, 7) is 3.46. The van der Waals surface area contributed by atoms with Crippen LogP contribution in [0.2, 0.25) is 0 Å². The van der Waals surface area contributed by atoms with Gasteiger partial charge in [0.25, 0.3) is 0 Å². The fourth-order valence-corrected chi connectivity index (χ4v) is 6.06. The Bertz CT molecular complexity index is 781. The number of methoxy groups -OCH3 is 2. The second kappa shape index (κ2) is 5.73. The Hall–Kier alpha value is -1.56. The molecule has 5 heterocycles. The predicted octanol–water partition coefficient (Wildman–Crippen LogP) is 3.63. The minimum absolute atomic E-state index is 0.149. The van der Waals surface area contributed by atoms with Crippen molar-refractivity contribution in [2.45, 2.75) is 31.0 Å². The molecular formula is C20H24N2O2S. The lowest BCUT2D eigenvalue weighted by atomic mass is 9.71. The Labute approximate surface area is 153 Å². The molecule has 0 radical (unpaired) electrons. The van der Waals surface area contributed by atoms with Gasteiger partial charge in [0, 0.05) is 24.5 Å². The van der Waals surface area contributed by atoms with Gasteiger partial charge in [-0.25, -0.2) is 0 Å². The smallest absolute Gasteiger partial charge is 0.161 e. The molecule has 4 aliphatic heterocycles. The zero-order valence-corrected chi connectivity index (χ0v) is 15.6. The summed E-state index contributed by atoms with van der Waals surface area (Å²) in [6, 6.07) is 8.95. The average Bonchev–Trinajstić information content (AvgIpc) is 3.20. The van der Waals surface area contributed by atoms with Crippen LogP contribution in [0.5, 0.6) is 11.5 Å². The van der Waals surface area contributed by atoms with Crippen LogP contribution in [-0.4, -0.2) is 43.7 Å². The highest BCUT2D eigenvalue weighted by molar-refractivity contribution is 7.10. The molecule has 0 aliphatic carbocycles. The molecule has 1 aromatic heterocycles. The molecule has 1 aromatic carbocycles. The molecule has 0 saturated carbocycles. The zero-order chi connectivity index (χ0) is 17.0. The molecule has 1 spiro atoms. The summed E-state index contributed by atoms with van der Waals surface area (Å²) in [5.41, 5.74) is 3.06. The van der Waals surface area contributed by atoms with Crippen molar-refractivity contribution in [3.05, 3.63) is 45.6 Å². The number of fused-ring (bicyclic) bond motifs is 3. The average molecular weight is 356 g/mol. The van der Waals surface area contributed by atoms with Crippen molar-refractivity contribution in [1.82, 2.24) is 9.80 Å². The van der Waals surface area contributed by atoms with Crippen LogP contribution in [0.3, 0.4) is 0 Å². The lowest BCUT2D eigenvalue weighted by molar-refractivity contribution is -0.146. The highest BCUT2D eigenvalue weighted by Gasteiger charge is 2.54. The lowest BCUT2D eigenvalue weighted by Crippen LogP contribution is -2.66. The topological polar surface area (TPSA) is 24.9 Å². The second-order valence-electron chi connectivity index (χ2n) is 7.26. The molecule has 0 amide bonds. The van der Waals surface area contributed by atoms with E-state index in [-0.39, 0.29) is 5.54 Å². The fraction of sp³-hybridized carbons (Fsp3) is 0.500. The third kappa shape index (κ3) is 2.12. The van der Waals surface area contributed by atoms with Gasteiger partial charge in [-0.05, 0) is 54.0 Å². The first-order valence-corrected chi connectivity index (χ1v) is 9.94. The normalized spacial score (nSPS) is 30.6. The highest BCUT2D eigenvalue weighted by atomic mass is 32.1. The Morgan fingerprint density at radius 3 is 2.52 bits per heavy atom. The van der Waals surface area contributed by atoms with Crippen LogP contribution in [0.15, 0.2) is 29.6 Å². The van der Waals surface area contributed by atoms with Crippen LogP contribution < -0.4 is 9.47 Å². The Morgan fingerprint density at radius 2 is 1.84 bits per heavy atom. The summed E-state index contributed by atoms with van der Waals surface area (Å²) in [7, 11) is 3.46. The largest absolute Gasteiger partial charge is 0.493 e. The van der Waals surface area contributed by atoms with Gasteiger partial charge in [0.2, 0.25) is 0 Å². The van der Waals surface area contributed by atoms with Crippen molar-refractivity contribution in [3.63, 3.8) is 0 Å². The maximum absolute atomic E-state index is 5.63. The summed E-state index contributed by atoms with van der Waals surface area (Å²) >= 11 is 1.89. The molecule has 3 saturated heterocycles. The van der Waals surface area contributed by atoms with E-state index in [9.17, 15) is 0 Å². The monoisotopic (exact) mass is 356 g/mol. The van der Waals surface area contributed by atoms with E-state index in [1.54, 1.807) is 14.2 Å². The predicted molar refractivity (Wildman–Crippen MR) is 99.5 cm³/mol. The van der Waals surface area contributed by atoms with Gasteiger partial charge in [-0.2, -0.15) is 0 Å². The quantitative estimate of drug-likeness (QED) is 0.838. The molecule has 3 fully saturated rings. The van der Waals surface area contributed by atoms with Crippen molar-refractivity contribution < 1.29 is 9.47 Å². The number of nitrogens with zero attached hydrogens (tertiary/aromatic N) is 2. The fourth-order valence-electron chi connectivity index (χ4n) is 5.19. The van der Waals surface area contributed by atoms with Gasteiger partial charge < -0.3 is 9.47 Å². The standard InChI is InChI=1S/C20H24N2O2S/c1-23-16-12-14-5-8-22-19(18-4-3-11-25-18)21-9-6-20(22,7-10-21)15(14)13-17(16)24-2/h3-4,11-13,19H,5-10H2,1-2H3/t19-/m1/s1. The summed E-state index contributed by atoms with van der Waals surface area (Å²) in [4.78, 5) is 6.91. The molecular weight excluding hydrogens is 332 g/mol. The zero-order valence-electron chi connectivity index (χ0n) is 14.8. The first-order chi connectivity index (χ1) is 12.3. The van der Waals surface area contributed by atoms with Crippen LogP contribution in [0.4, 0.5) is 0 Å². The third-order valence-electron chi connectivity index (χ3n) is 6.35. The van der Waals surface area contributed by atoms with E-state index < -0.39 is 0 Å². The van der Waals surface area contributed by atoms with Gasteiger partial charge in [0.1, 0.15) is 0 Å². The molecule has 25 heavy (non-hydrogen) atoms. The van der Waals surface area contributed by atoms with Crippen LogP contribution in [0.1, 0.15) is 35.0 Å². The Morgan fingerprint density at radius 1 is 1.08 bits per heavy atom. The Kier molecular flexibility index (Phi) is 3.59. The molecule has 0 unspecified atom stereocenters. The number of benzene rings is 1. The molecule has 132 valence electrons. The SMILES string of the molecule is COc1cc2c(cc1OC)C13CCN(CC1)[C@@H](c1cccs1)N3CC2. The maximum atomic E-state index is 5.63. The van der Waals surface area contributed by atoms with Gasteiger partial charge in [0.05, 0.1) is 25.9 Å². The van der Waals surface area contributed by atoms with Crippen LogP contribution in [0.25, 0.3) is 0 Å². The minimum Gasteiger partial charge on any atom is -0.493 e. The number of hydrogen-bond acceptors (Lipinski definition) is 5. The van der Waals surface area contributed by atoms with Crippen molar-refractivity contribution >= 4 is 11.3 Å². The maximum Gasteiger partial charge on any atom is 0.161 e. The van der Waals surface area contributed by atoms with Gasteiger partial charge in [-0.15, -0.1) is 11.3 Å². The molecule has 5 heteroatoms. The van der Waals surface area contributed by atoms with Crippen molar-refractivity contribution in [2.75, 3.05) is 33.9 Å². The summed E-state index contributed by atoms with van der Waals surface area (Å²) in [6.07, 6.45) is 3.92. The third-order valence-corrected chi connectivity index (χ3v) is 7.26. The molecule has 6 rings (SSSR count). The number of thiophene rings is 1. The Balaban J connectivity index is 1.65. The lowest BCUT2D eigenvalue weighted by Gasteiger charge is -2.62. The van der Waals surface area contributed by atoms with Gasteiger partial charge >= 0.3 is 0 Å². The molecule has 2 bridgehead atoms. The first kappa shape index (κ1) is 15.7. The highest BCUT2D eigenvalue weighted by Crippen LogP contribution is 2.55. The first-order valence-electron chi connectivity index (χ1n) is 9.06. The summed E-state index contributed by atoms with van der Waals surface area (Å²) < 4.78 is 11.2. The van der Waals surface area contributed by atoms with E-state index in [4.69, 9.17) is 9.47 Å². The van der Waals surface area contributed by atoms with Crippen molar-refractivity contribution in [3.8, 4) is 11.5 Å². The minimum atomic E-state index is 0.149. The van der Waals surface area contributed by atoms with Gasteiger partial charge in [-0.1, -0.05) is 6.07 Å². The van der Waals surface area contributed by atoms with E-state index >= 15 is 0 Å². The summed E-state index contributed by atoms with van der Waals surface area (Å²) in [5.74, 6) is 1.72. The van der Waals surface area contributed by atoms with Crippen LogP contribution in [-0.2, 0) is 12.0 Å². The van der Waals surface area contributed by atoms with Crippen molar-refractivity contribution in [1.29, 1.82) is 0 Å². The second-order valence-corrected chi connectivity index (χ2v) is 8.24. The molecule has 2 aromatic rings. The molecule has 4 aliphatic rings. The molecule has 1 atom stereocenters.